The van der Waals surface area contributed by atoms with Crippen LogP contribution in [0.2, 0.25) is 0 Å². The average molecular weight is 364 g/mol. The molecule has 0 saturated carbocycles. The molecular weight excluding hydrogens is 336 g/mol. The lowest BCUT2D eigenvalue weighted by Crippen LogP contribution is -2.32. The van der Waals surface area contributed by atoms with Crippen molar-refractivity contribution < 1.29 is 44.7 Å². The van der Waals surface area contributed by atoms with Gasteiger partial charge in [0.25, 0.3) is 0 Å². The fourth-order valence-corrected chi connectivity index (χ4v) is 0.569. The minimum atomic E-state index is -0.981. The van der Waals surface area contributed by atoms with Crippen molar-refractivity contribution in [3.63, 3.8) is 0 Å². The van der Waals surface area contributed by atoms with Crippen molar-refractivity contribution in [2.45, 2.75) is 13.3 Å². The Kier molecular flexibility index (Phi) is 26.2. The van der Waals surface area contributed by atoms with Crippen LogP contribution in [0.25, 0.3) is 0 Å². The SMILES string of the molecule is C=CC(=O)O.C=CC(=O)O.C=CC(=O)OC.CCC(CO)(CO)CO. The van der Waals surface area contributed by atoms with E-state index in [-0.39, 0.29) is 19.8 Å². The van der Waals surface area contributed by atoms with Gasteiger partial charge in [0.1, 0.15) is 0 Å². The third-order valence-electron chi connectivity index (χ3n) is 2.47. The quantitative estimate of drug-likeness (QED) is 0.314. The highest BCUT2D eigenvalue weighted by molar-refractivity contribution is 5.81. The van der Waals surface area contributed by atoms with Crippen LogP contribution < -0.4 is 0 Å². The average Bonchev–Trinajstić information content (AvgIpc) is 2.64. The monoisotopic (exact) mass is 364 g/mol. The highest BCUT2D eigenvalue weighted by Gasteiger charge is 2.24. The summed E-state index contributed by atoms with van der Waals surface area (Å²) in [5, 5.41) is 41.2. The van der Waals surface area contributed by atoms with Crippen molar-refractivity contribution in [2.24, 2.45) is 5.41 Å². The van der Waals surface area contributed by atoms with Crippen molar-refractivity contribution in [3.8, 4) is 0 Å². The summed E-state index contributed by atoms with van der Waals surface area (Å²) in [6.07, 6.45) is 3.37. The van der Waals surface area contributed by atoms with Crippen LogP contribution in [0, 0.1) is 5.41 Å². The number of ether oxygens (including phenoxy) is 1. The summed E-state index contributed by atoms with van der Waals surface area (Å²) in [4.78, 5) is 28.3. The Morgan fingerprint density at radius 1 is 0.880 bits per heavy atom. The maximum Gasteiger partial charge on any atom is 0.329 e. The molecule has 5 N–H and O–H groups in total. The van der Waals surface area contributed by atoms with Crippen molar-refractivity contribution in [1.29, 1.82) is 0 Å². The molecule has 0 aliphatic heterocycles. The predicted molar refractivity (Wildman–Crippen MR) is 91.9 cm³/mol. The van der Waals surface area contributed by atoms with Gasteiger partial charge in [-0.2, -0.15) is 0 Å². The fraction of sp³-hybridized carbons (Fsp3) is 0.438. The lowest BCUT2D eigenvalue weighted by Gasteiger charge is -2.24. The highest BCUT2D eigenvalue weighted by atomic mass is 16.5. The number of carboxylic acids is 2. The largest absolute Gasteiger partial charge is 0.478 e. The zero-order chi connectivity index (χ0) is 20.9. The first kappa shape index (κ1) is 30.4. The van der Waals surface area contributed by atoms with Gasteiger partial charge < -0.3 is 30.3 Å². The summed E-state index contributed by atoms with van der Waals surface area (Å²) in [7, 11) is 1.31. The third kappa shape index (κ3) is 26.7. The Morgan fingerprint density at radius 2 is 1.16 bits per heavy atom. The topological polar surface area (TPSA) is 162 Å². The Balaban J connectivity index is -0.000000122. The Hall–Kier alpha value is -2.49. The normalized spacial score (nSPS) is 8.52. The zero-order valence-corrected chi connectivity index (χ0v) is 14.6. The molecule has 25 heavy (non-hydrogen) atoms. The number of aliphatic hydroxyl groups excluding tert-OH is 3. The number of hydrogen-bond donors (Lipinski definition) is 5. The molecule has 0 aliphatic carbocycles. The van der Waals surface area contributed by atoms with E-state index in [2.05, 4.69) is 24.5 Å². The number of carbonyl (C=O) groups excluding carboxylic acids is 1. The fourth-order valence-electron chi connectivity index (χ4n) is 0.569. The molecule has 9 heteroatoms. The molecule has 0 aliphatic rings. The van der Waals surface area contributed by atoms with E-state index in [0.717, 1.165) is 18.2 Å². The molecular formula is C16H28O9. The molecule has 0 heterocycles. The van der Waals surface area contributed by atoms with Crippen LogP contribution in [-0.4, -0.2) is 70.4 Å². The number of esters is 1. The van der Waals surface area contributed by atoms with E-state index in [0.29, 0.717) is 6.42 Å². The van der Waals surface area contributed by atoms with Crippen molar-refractivity contribution in [2.75, 3.05) is 26.9 Å². The molecule has 0 radical (unpaired) electrons. The smallest absolute Gasteiger partial charge is 0.329 e. The van der Waals surface area contributed by atoms with E-state index in [4.69, 9.17) is 25.5 Å². The van der Waals surface area contributed by atoms with E-state index in [1.165, 1.54) is 7.11 Å². The first-order valence-electron chi connectivity index (χ1n) is 6.83. The van der Waals surface area contributed by atoms with Gasteiger partial charge >= 0.3 is 17.9 Å². The molecule has 0 aromatic rings. The first-order valence-corrected chi connectivity index (χ1v) is 6.83. The van der Waals surface area contributed by atoms with Crippen LogP contribution in [0.3, 0.4) is 0 Å². The molecule has 9 nitrogen and oxygen atoms in total. The number of methoxy groups -OCH3 is 1. The van der Waals surface area contributed by atoms with E-state index in [9.17, 15) is 14.4 Å². The standard InChI is InChI=1S/C6H14O3.C4H6O2.2C3H4O2/c1-2-6(3-7,4-8)5-9;1-3-4(5)6-2;2*1-2-3(4)5/h7-9H,2-5H2,1H3;3H,1H2,2H3;2*2H,1H2,(H,4,5). The van der Waals surface area contributed by atoms with Gasteiger partial charge in [-0.05, 0) is 6.42 Å². The third-order valence-corrected chi connectivity index (χ3v) is 2.47. The van der Waals surface area contributed by atoms with Crippen molar-refractivity contribution >= 4 is 17.9 Å². The van der Waals surface area contributed by atoms with E-state index < -0.39 is 23.3 Å². The van der Waals surface area contributed by atoms with E-state index >= 15 is 0 Å². The Labute approximate surface area is 147 Å². The molecule has 0 aromatic heterocycles. The van der Waals surface area contributed by atoms with Gasteiger partial charge in [-0.1, -0.05) is 26.7 Å². The molecule has 0 fully saturated rings. The number of carbonyl (C=O) groups is 3. The van der Waals surface area contributed by atoms with E-state index in [1.54, 1.807) is 0 Å². The van der Waals surface area contributed by atoms with Crippen LogP contribution in [0.1, 0.15) is 13.3 Å². The van der Waals surface area contributed by atoms with Crippen LogP contribution in [0.4, 0.5) is 0 Å². The van der Waals surface area contributed by atoms with Gasteiger partial charge in [-0.3, -0.25) is 0 Å². The number of carboxylic acid groups (broad SMARTS) is 2. The maximum absolute atomic E-state index is 9.84. The minimum absolute atomic E-state index is 0.156. The maximum atomic E-state index is 9.84. The molecule has 0 atom stereocenters. The van der Waals surface area contributed by atoms with Crippen molar-refractivity contribution in [3.05, 3.63) is 38.0 Å². The minimum Gasteiger partial charge on any atom is -0.478 e. The van der Waals surface area contributed by atoms with Gasteiger partial charge in [0.2, 0.25) is 0 Å². The molecule has 0 saturated heterocycles. The van der Waals surface area contributed by atoms with Crippen LogP contribution in [0.15, 0.2) is 38.0 Å². The van der Waals surface area contributed by atoms with E-state index in [1.807, 2.05) is 6.92 Å². The number of rotatable bonds is 7. The van der Waals surface area contributed by atoms with Crippen LogP contribution in [0.5, 0.6) is 0 Å². The molecule has 0 rings (SSSR count). The number of aliphatic carboxylic acids is 2. The number of aliphatic hydroxyl groups is 3. The van der Waals surface area contributed by atoms with Crippen LogP contribution >= 0.6 is 0 Å². The molecule has 0 aromatic carbocycles. The second-order valence-electron chi connectivity index (χ2n) is 4.14. The van der Waals surface area contributed by atoms with Gasteiger partial charge in [0.05, 0.1) is 26.9 Å². The second-order valence-corrected chi connectivity index (χ2v) is 4.14. The lowest BCUT2D eigenvalue weighted by atomic mass is 9.88. The van der Waals surface area contributed by atoms with Gasteiger partial charge in [0.15, 0.2) is 0 Å². The summed E-state index contributed by atoms with van der Waals surface area (Å²) >= 11 is 0. The first-order chi connectivity index (χ1) is 11.6. The molecule has 0 unspecified atom stereocenters. The molecule has 0 amide bonds. The van der Waals surface area contributed by atoms with Gasteiger partial charge in [0, 0.05) is 23.6 Å². The Bertz CT molecular complexity index is 363. The highest BCUT2D eigenvalue weighted by Crippen LogP contribution is 2.18. The van der Waals surface area contributed by atoms with Gasteiger partial charge in [-0.25, -0.2) is 14.4 Å². The summed E-state index contributed by atoms with van der Waals surface area (Å²) < 4.78 is 4.14. The molecule has 0 bridgehead atoms. The summed E-state index contributed by atoms with van der Waals surface area (Å²) in [5.74, 6) is -2.36. The summed E-state index contributed by atoms with van der Waals surface area (Å²) in [6, 6.07) is 0. The van der Waals surface area contributed by atoms with Crippen LogP contribution in [-0.2, 0) is 19.1 Å². The molecule has 0 spiro atoms. The summed E-state index contributed by atoms with van der Waals surface area (Å²) in [6.45, 7) is 10.4. The Morgan fingerprint density at radius 3 is 1.16 bits per heavy atom. The lowest BCUT2D eigenvalue weighted by molar-refractivity contribution is -0.135. The predicted octanol–water partition coefficient (Wildman–Crippen LogP) is 0.219. The second kappa shape index (κ2) is 21.5. The molecule has 146 valence electrons. The summed E-state index contributed by atoms with van der Waals surface area (Å²) in [5.41, 5.74) is -0.667. The van der Waals surface area contributed by atoms with Gasteiger partial charge in [-0.15, -0.1) is 0 Å². The van der Waals surface area contributed by atoms with Crippen molar-refractivity contribution in [1.82, 2.24) is 0 Å². The number of hydrogen-bond acceptors (Lipinski definition) is 7. The zero-order valence-electron chi connectivity index (χ0n) is 14.6.